The van der Waals surface area contributed by atoms with Crippen molar-refractivity contribution < 1.29 is 9.90 Å². The minimum atomic E-state index is -0.222. The van der Waals surface area contributed by atoms with E-state index in [-0.39, 0.29) is 23.2 Å². The van der Waals surface area contributed by atoms with Crippen molar-refractivity contribution in [3.8, 4) is 5.75 Å². The molecule has 0 spiro atoms. The second-order valence-corrected chi connectivity index (χ2v) is 11.0. The van der Waals surface area contributed by atoms with Gasteiger partial charge in [-0.15, -0.1) is 0 Å². The molecule has 4 nitrogen and oxygen atoms in total. The lowest BCUT2D eigenvalue weighted by Gasteiger charge is -2.27. The normalized spacial score (nSPS) is 12.5. The Balaban J connectivity index is 1.82. The Bertz CT molecular complexity index is 1150. The monoisotopic (exact) mass is 494 g/mol. The van der Waals surface area contributed by atoms with Gasteiger partial charge in [0.15, 0.2) is 0 Å². The van der Waals surface area contributed by atoms with E-state index in [1.165, 1.54) is 0 Å². The van der Waals surface area contributed by atoms with Crippen molar-refractivity contribution in [1.82, 2.24) is 5.43 Å². The van der Waals surface area contributed by atoms with Crippen LogP contribution in [0.15, 0.2) is 58.1 Å². The number of rotatable bonds is 4. The van der Waals surface area contributed by atoms with E-state index in [2.05, 4.69) is 68.0 Å². The second-order valence-electron chi connectivity index (χ2n) is 10.2. The Hall–Kier alpha value is -2.66. The molecule has 1 amide bonds. The van der Waals surface area contributed by atoms with E-state index in [4.69, 9.17) is 0 Å². The van der Waals surface area contributed by atoms with Crippen molar-refractivity contribution >= 4 is 38.8 Å². The Morgan fingerprint density at radius 3 is 2.09 bits per heavy atom. The quantitative estimate of drug-likeness (QED) is 0.317. The summed E-state index contributed by atoms with van der Waals surface area (Å²) >= 11 is 3.57. The standard InChI is InChI=1S/C27H31BrN2O2/c1-26(2,3)21-13-17(14-22(25(21)32)27(4,5)6)16-29-30-24(31)15-18-11-12-23(28)20-10-8-7-9-19(18)20/h7-14,16,32H,15H2,1-6H3,(H,30,31)/b29-16+. The maximum Gasteiger partial charge on any atom is 0.244 e. The van der Waals surface area contributed by atoms with Gasteiger partial charge in [-0.2, -0.15) is 5.10 Å². The molecule has 3 rings (SSSR count). The van der Waals surface area contributed by atoms with Crippen LogP contribution in [-0.4, -0.2) is 17.2 Å². The molecular weight excluding hydrogens is 464 g/mol. The summed E-state index contributed by atoms with van der Waals surface area (Å²) in [5.74, 6) is 0.146. The Morgan fingerprint density at radius 2 is 1.53 bits per heavy atom. The number of halogens is 1. The Labute approximate surface area is 198 Å². The van der Waals surface area contributed by atoms with Crippen LogP contribution in [0.25, 0.3) is 10.8 Å². The van der Waals surface area contributed by atoms with Crippen LogP contribution in [0.1, 0.15) is 63.8 Å². The van der Waals surface area contributed by atoms with Gasteiger partial charge in [-0.25, -0.2) is 5.43 Å². The number of aromatic hydroxyl groups is 1. The van der Waals surface area contributed by atoms with Crippen molar-refractivity contribution in [3.63, 3.8) is 0 Å². The topological polar surface area (TPSA) is 61.7 Å². The molecule has 0 aliphatic rings. The SMILES string of the molecule is CC(C)(C)c1cc(/C=N/NC(=O)Cc2ccc(Br)c3ccccc23)cc(C(C)(C)C)c1O. The fourth-order valence-electron chi connectivity index (χ4n) is 3.74. The molecule has 5 heteroatoms. The average Bonchev–Trinajstić information content (AvgIpc) is 2.69. The van der Waals surface area contributed by atoms with Crippen LogP contribution in [0.2, 0.25) is 0 Å². The fraction of sp³-hybridized carbons (Fsp3) is 0.333. The minimum Gasteiger partial charge on any atom is -0.507 e. The van der Waals surface area contributed by atoms with Crippen molar-refractivity contribution in [2.45, 2.75) is 58.8 Å². The van der Waals surface area contributed by atoms with Gasteiger partial charge < -0.3 is 5.11 Å². The Kier molecular flexibility index (Phi) is 6.80. The molecule has 2 N–H and O–H groups in total. The van der Waals surface area contributed by atoms with E-state index in [1.807, 2.05) is 48.5 Å². The van der Waals surface area contributed by atoms with Gasteiger partial charge in [-0.3, -0.25) is 4.79 Å². The molecule has 0 saturated heterocycles. The Morgan fingerprint density at radius 1 is 0.969 bits per heavy atom. The van der Waals surface area contributed by atoms with Gasteiger partial charge in [-0.05, 0) is 50.9 Å². The highest BCUT2D eigenvalue weighted by atomic mass is 79.9. The third kappa shape index (κ3) is 5.39. The predicted molar refractivity (Wildman–Crippen MR) is 137 cm³/mol. The molecule has 168 valence electrons. The second kappa shape index (κ2) is 9.07. The molecular formula is C27H31BrN2O2. The number of carbonyl (C=O) groups is 1. The van der Waals surface area contributed by atoms with E-state index < -0.39 is 0 Å². The molecule has 0 unspecified atom stereocenters. The molecule has 0 saturated carbocycles. The lowest BCUT2D eigenvalue weighted by atomic mass is 9.78. The first-order valence-corrected chi connectivity index (χ1v) is 11.5. The van der Waals surface area contributed by atoms with Gasteiger partial charge in [0.05, 0.1) is 12.6 Å². The van der Waals surface area contributed by atoms with Crippen molar-refractivity contribution in [2.24, 2.45) is 5.10 Å². The number of amides is 1. The van der Waals surface area contributed by atoms with Crippen LogP contribution < -0.4 is 5.43 Å². The number of phenols is 1. The zero-order chi connectivity index (χ0) is 23.7. The highest BCUT2D eigenvalue weighted by Gasteiger charge is 2.26. The van der Waals surface area contributed by atoms with Crippen LogP contribution in [-0.2, 0) is 22.0 Å². The maximum atomic E-state index is 12.6. The maximum absolute atomic E-state index is 12.6. The number of fused-ring (bicyclic) bond motifs is 1. The summed E-state index contributed by atoms with van der Waals surface area (Å²) in [6.45, 7) is 12.4. The molecule has 0 heterocycles. The van der Waals surface area contributed by atoms with Crippen LogP contribution in [0.3, 0.4) is 0 Å². The number of benzene rings is 3. The highest BCUT2D eigenvalue weighted by Crippen LogP contribution is 2.39. The zero-order valence-electron chi connectivity index (χ0n) is 19.6. The number of nitrogens with zero attached hydrogens (tertiary/aromatic N) is 1. The van der Waals surface area contributed by atoms with Gasteiger partial charge in [0.1, 0.15) is 5.75 Å². The molecule has 0 aliphatic carbocycles. The molecule has 3 aromatic rings. The summed E-state index contributed by atoms with van der Waals surface area (Å²) in [5, 5.41) is 17.2. The summed E-state index contributed by atoms with van der Waals surface area (Å²) in [4.78, 5) is 12.6. The van der Waals surface area contributed by atoms with Crippen LogP contribution >= 0.6 is 15.9 Å². The molecule has 3 aromatic carbocycles. The van der Waals surface area contributed by atoms with Gasteiger partial charge in [0, 0.05) is 15.6 Å². The van der Waals surface area contributed by atoms with Gasteiger partial charge >= 0.3 is 0 Å². The van der Waals surface area contributed by atoms with Crippen molar-refractivity contribution in [3.05, 3.63) is 75.3 Å². The summed E-state index contributed by atoms with van der Waals surface area (Å²) in [5.41, 5.74) is 5.71. The summed E-state index contributed by atoms with van der Waals surface area (Å²) < 4.78 is 1.01. The number of hydrogen-bond acceptors (Lipinski definition) is 3. The lowest BCUT2D eigenvalue weighted by molar-refractivity contribution is -0.120. The van der Waals surface area contributed by atoms with E-state index in [0.717, 1.165) is 37.5 Å². The summed E-state index contributed by atoms with van der Waals surface area (Å²) in [7, 11) is 0. The number of phenolic OH excluding ortho intramolecular Hbond substituents is 1. The smallest absolute Gasteiger partial charge is 0.244 e. The molecule has 32 heavy (non-hydrogen) atoms. The first-order valence-electron chi connectivity index (χ1n) is 10.7. The van der Waals surface area contributed by atoms with E-state index in [1.54, 1.807) is 6.21 Å². The molecule has 0 atom stereocenters. The molecule has 0 aliphatic heterocycles. The first-order chi connectivity index (χ1) is 14.9. The first kappa shape index (κ1) is 24.0. The number of hydrogen-bond donors (Lipinski definition) is 2. The van der Waals surface area contributed by atoms with E-state index >= 15 is 0 Å². The number of hydrazone groups is 1. The minimum absolute atomic E-state index is 0.181. The van der Waals surface area contributed by atoms with Crippen LogP contribution in [0, 0.1) is 0 Å². The third-order valence-electron chi connectivity index (χ3n) is 5.46. The summed E-state index contributed by atoms with van der Waals surface area (Å²) in [6.07, 6.45) is 1.88. The largest absolute Gasteiger partial charge is 0.507 e. The molecule has 0 radical (unpaired) electrons. The van der Waals surface area contributed by atoms with Crippen molar-refractivity contribution in [1.29, 1.82) is 0 Å². The van der Waals surface area contributed by atoms with Crippen LogP contribution in [0.5, 0.6) is 5.75 Å². The average molecular weight is 495 g/mol. The highest BCUT2D eigenvalue weighted by molar-refractivity contribution is 9.10. The lowest BCUT2D eigenvalue weighted by Crippen LogP contribution is -2.20. The molecule has 0 bridgehead atoms. The van der Waals surface area contributed by atoms with Gasteiger partial charge in [-0.1, -0.05) is 87.8 Å². The van der Waals surface area contributed by atoms with E-state index in [0.29, 0.717) is 5.75 Å². The molecule has 0 aromatic heterocycles. The van der Waals surface area contributed by atoms with Gasteiger partial charge in [0.25, 0.3) is 0 Å². The van der Waals surface area contributed by atoms with Gasteiger partial charge in [0.2, 0.25) is 5.91 Å². The van der Waals surface area contributed by atoms with Crippen molar-refractivity contribution in [2.75, 3.05) is 0 Å². The number of carbonyl (C=O) groups excluding carboxylic acids is 1. The number of nitrogens with one attached hydrogen (secondary N) is 1. The summed E-state index contributed by atoms with van der Waals surface area (Å²) in [6, 6.07) is 15.8. The predicted octanol–water partition coefficient (Wildman–Crippen LogP) is 6.60. The van der Waals surface area contributed by atoms with Crippen LogP contribution in [0.4, 0.5) is 0 Å². The fourth-order valence-corrected chi connectivity index (χ4v) is 4.22. The van der Waals surface area contributed by atoms with E-state index in [9.17, 15) is 9.90 Å². The third-order valence-corrected chi connectivity index (χ3v) is 6.15. The zero-order valence-corrected chi connectivity index (χ0v) is 21.2. The molecule has 0 fully saturated rings.